The van der Waals surface area contributed by atoms with Crippen LogP contribution in [0.3, 0.4) is 0 Å². The molecule has 5 atom stereocenters. The monoisotopic (exact) mass is 322 g/mol. The Morgan fingerprint density at radius 1 is 1.13 bits per heavy atom. The number of allylic oxidation sites excluding steroid dienone is 2. The van der Waals surface area contributed by atoms with E-state index in [1.807, 2.05) is 6.92 Å². The van der Waals surface area contributed by atoms with Crippen LogP contribution in [0, 0.1) is 16.7 Å². The van der Waals surface area contributed by atoms with Crippen LogP contribution in [0.1, 0.15) is 66.2 Å². The van der Waals surface area contributed by atoms with E-state index in [0.29, 0.717) is 25.7 Å². The molecule has 2 saturated carbocycles. The van der Waals surface area contributed by atoms with Gasteiger partial charge in [-0.25, -0.2) is 0 Å². The summed E-state index contributed by atoms with van der Waals surface area (Å²) in [5.41, 5.74) is -2.38. The lowest BCUT2D eigenvalue weighted by molar-refractivity contribution is -0.300. The van der Waals surface area contributed by atoms with E-state index in [2.05, 4.69) is 27.0 Å². The van der Waals surface area contributed by atoms with Crippen LogP contribution in [0.4, 0.5) is 0 Å². The van der Waals surface area contributed by atoms with Gasteiger partial charge < -0.3 is 15.3 Å². The average Bonchev–Trinajstić information content (AvgIpc) is 2.46. The highest BCUT2D eigenvalue weighted by Gasteiger charge is 2.68. The summed E-state index contributed by atoms with van der Waals surface area (Å²) in [6.07, 6.45) is 5.07. The van der Waals surface area contributed by atoms with Gasteiger partial charge in [0.25, 0.3) is 0 Å². The van der Waals surface area contributed by atoms with Crippen molar-refractivity contribution in [3.63, 3.8) is 0 Å². The summed E-state index contributed by atoms with van der Waals surface area (Å²) < 4.78 is 0. The molecule has 132 valence electrons. The maximum absolute atomic E-state index is 11.7. The molecule has 2 fully saturated rings. The number of hydrogen-bond donors (Lipinski definition) is 3. The van der Waals surface area contributed by atoms with Crippen molar-refractivity contribution in [1.82, 2.24) is 0 Å². The zero-order valence-electron chi connectivity index (χ0n) is 15.2. The summed E-state index contributed by atoms with van der Waals surface area (Å²) in [5, 5.41) is 33.6. The standard InChI is InChI=1S/C20H34O3/c1-7-14(2)8-13-20(23)18(5,22)12-9-15-17(3,4)11-10-16(21)19(15,20)6/h7,15-16,21-23H,1-2,8-13H2,3-6H3. The van der Waals surface area contributed by atoms with Crippen molar-refractivity contribution in [2.45, 2.75) is 83.5 Å². The fourth-order valence-corrected chi connectivity index (χ4v) is 5.48. The molecule has 0 aromatic rings. The Labute approximate surface area is 141 Å². The lowest BCUT2D eigenvalue weighted by Gasteiger charge is -2.66. The molecule has 2 rings (SSSR count). The molecule has 0 bridgehead atoms. The van der Waals surface area contributed by atoms with Gasteiger partial charge in [0.2, 0.25) is 0 Å². The summed E-state index contributed by atoms with van der Waals surface area (Å²) >= 11 is 0. The van der Waals surface area contributed by atoms with Crippen molar-refractivity contribution in [2.75, 3.05) is 0 Å². The highest BCUT2D eigenvalue weighted by atomic mass is 16.4. The van der Waals surface area contributed by atoms with Gasteiger partial charge in [-0.1, -0.05) is 45.6 Å². The van der Waals surface area contributed by atoms with E-state index in [0.717, 1.165) is 18.4 Å². The van der Waals surface area contributed by atoms with Crippen LogP contribution in [-0.2, 0) is 0 Å². The van der Waals surface area contributed by atoms with E-state index in [1.165, 1.54) is 0 Å². The Hall–Kier alpha value is -0.640. The van der Waals surface area contributed by atoms with Crippen molar-refractivity contribution in [2.24, 2.45) is 16.7 Å². The number of rotatable bonds is 4. The molecular formula is C20H34O3. The molecule has 0 aliphatic heterocycles. The van der Waals surface area contributed by atoms with E-state index < -0.39 is 22.7 Å². The minimum atomic E-state index is -1.34. The number of hydrogen-bond acceptors (Lipinski definition) is 3. The second kappa shape index (κ2) is 5.72. The minimum absolute atomic E-state index is 0.0495. The van der Waals surface area contributed by atoms with Crippen molar-refractivity contribution < 1.29 is 15.3 Å². The van der Waals surface area contributed by atoms with Crippen LogP contribution in [-0.4, -0.2) is 32.6 Å². The first-order valence-electron chi connectivity index (χ1n) is 8.85. The van der Waals surface area contributed by atoms with Crippen molar-refractivity contribution >= 4 is 0 Å². The molecular weight excluding hydrogens is 288 g/mol. The fourth-order valence-electron chi connectivity index (χ4n) is 5.48. The highest BCUT2D eigenvalue weighted by molar-refractivity contribution is 5.21. The van der Waals surface area contributed by atoms with E-state index in [-0.39, 0.29) is 11.3 Å². The van der Waals surface area contributed by atoms with Crippen LogP contribution in [0.5, 0.6) is 0 Å². The summed E-state index contributed by atoms with van der Waals surface area (Å²) in [6.45, 7) is 15.8. The maximum atomic E-state index is 11.7. The van der Waals surface area contributed by atoms with Crippen LogP contribution in [0.25, 0.3) is 0 Å². The molecule has 3 N–H and O–H groups in total. The molecule has 2 aliphatic carbocycles. The lowest BCUT2D eigenvalue weighted by atomic mass is 9.42. The van der Waals surface area contributed by atoms with Crippen LogP contribution >= 0.6 is 0 Å². The average molecular weight is 322 g/mol. The molecule has 0 heterocycles. The quantitative estimate of drug-likeness (QED) is 0.693. The predicted octanol–water partition coefficient (Wildman–Crippen LogP) is 3.59. The van der Waals surface area contributed by atoms with Gasteiger partial charge in [0.05, 0.1) is 11.7 Å². The molecule has 3 nitrogen and oxygen atoms in total. The maximum Gasteiger partial charge on any atom is 0.101 e. The normalized spacial score (nSPS) is 46.0. The van der Waals surface area contributed by atoms with Gasteiger partial charge in [0.15, 0.2) is 0 Å². The second-order valence-electron chi connectivity index (χ2n) is 8.91. The molecule has 0 aromatic carbocycles. The van der Waals surface area contributed by atoms with Gasteiger partial charge in [-0.3, -0.25) is 0 Å². The molecule has 0 aromatic heterocycles. The zero-order valence-corrected chi connectivity index (χ0v) is 15.2. The van der Waals surface area contributed by atoms with Crippen LogP contribution < -0.4 is 0 Å². The molecule has 2 aliphatic rings. The van der Waals surface area contributed by atoms with Crippen molar-refractivity contribution in [3.8, 4) is 0 Å². The van der Waals surface area contributed by atoms with Gasteiger partial charge >= 0.3 is 0 Å². The second-order valence-corrected chi connectivity index (χ2v) is 8.91. The molecule has 0 amide bonds. The molecule has 23 heavy (non-hydrogen) atoms. The summed E-state index contributed by atoms with van der Waals surface area (Å²) in [7, 11) is 0. The van der Waals surface area contributed by atoms with Gasteiger partial charge in [0.1, 0.15) is 5.60 Å². The number of aliphatic hydroxyl groups excluding tert-OH is 1. The topological polar surface area (TPSA) is 60.7 Å². The van der Waals surface area contributed by atoms with Crippen molar-refractivity contribution in [3.05, 3.63) is 24.8 Å². The third kappa shape index (κ3) is 2.61. The SMILES string of the molecule is C=CC(=C)CCC1(O)C(C)(O)CCC2C(C)(C)CCC(O)C21C. The summed E-state index contributed by atoms with van der Waals surface area (Å²) in [4.78, 5) is 0. The highest BCUT2D eigenvalue weighted by Crippen LogP contribution is 2.64. The third-order valence-corrected chi connectivity index (χ3v) is 7.22. The Balaban J connectivity index is 2.49. The van der Waals surface area contributed by atoms with Gasteiger partial charge in [-0.05, 0) is 56.8 Å². The van der Waals surface area contributed by atoms with Crippen molar-refractivity contribution in [1.29, 1.82) is 0 Å². The van der Waals surface area contributed by atoms with E-state index in [1.54, 1.807) is 13.0 Å². The number of fused-ring (bicyclic) bond motifs is 1. The van der Waals surface area contributed by atoms with Gasteiger partial charge in [-0.15, -0.1) is 0 Å². The molecule has 0 spiro atoms. The Morgan fingerprint density at radius 2 is 1.74 bits per heavy atom. The largest absolute Gasteiger partial charge is 0.392 e. The zero-order chi connectivity index (χ0) is 17.7. The molecule has 3 heteroatoms. The van der Waals surface area contributed by atoms with Crippen LogP contribution in [0.15, 0.2) is 24.8 Å². The predicted molar refractivity (Wildman–Crippen MR) is 94.0 cm³/mol. The summed E-state index contributed by atoms with van der Waals surface area (Å²) in [5.74, 6) is 0.181. The van der Waals surface area contributed by atoms with Gasteiger partial charge in [-0.2, -0.15) is 0 Å². The smallest absolute Gasteiger partial charge is 0.101 e. The molecule has 5 unspecified atom stereocenters. The van der Waals surface area contributed by atoms with E-state index in [4.69, 9.17) is 0 Å². The Kier molecular flexibility index (Phi) is 4.65. The first kappa shape index (κ1) is 18.7. The van der Waals surface area contributed by atoms with E-state index in [9.17, 15) is 15.3 Å². The summed E-state index contributed by atoms with van der Waals surface area (Å²) in [6, 6.07) is 0. The molecule has 0 saturated heterocycles. The molecule has 0 radical (unpaired) electrons. The first-order valence-corrected chi connectivity index (χ1v) is 8.85. The van der Waals surface area contributed by atoms with Gasteiger partial charge in [0, 0.05) is 5.41 Å². The first-order chi connectivity index (χ1) is 10.4. The fraction of sp³-hybridized carbons (Fsp3) is 0.800. The Bertz CT molecular complexity index is 493. The van der Waals surface area contributed by atoms with Crippen LogP contribution in [0.2, 0.25) is 0 Å². The minimum Gasteiger partial charge on any atom is -0.392 e. The Morgan fingerprint density at radius 3 is 2.30 bits per heavy atom. The third-order valence-electron chi connectivity index (χ3n) is 7.22. The van der Waals surface area contributed by atoms with E-state index >= 15 is 0 Å². The number of aliphatic hydroxyl groups is 3. The lowest BCUT2D eigenvalue weighted by Crippen LogP contribution is -2.73.